The highest BCUT2D eigenvalue weighted by Gasteiger charge is 2.37. The van der Waals surface area contributed by atoms with Crippen molar-refractivity contribution in [3.05, 3.63) is 82.6 Å². The van der Waals surface area contributed by atoms with E-state index < -0.39 is 5.66 Å². The van der Waals surface area contributed by atoms with E-state index in [0.717, 1.165) is 16.0 Å². The molecule has 1 aliphatic rings. The molecule has 0 bridgehead atoms. The molecule has 1 unspecified atom stereocenters. The third-order valence-electron chi connectivity index (χ3n) is 4.70. The first-order chi connectivity index (χ1) is 15.0. The number of hydrogen-bond donors (Lipinski definition) is 2. The van der Waals surface area contributed by atoms with Gasteiger partial charge in [-0.2, -0.15) is 10.2 Å². The average Bonchev–Trinajstić information content (AvgIpc) is 3.41. The number of thiazole rings is 1. The van der Waals surface area contributed by atoms with E-state index in [1.165, 1.54) is 6.20 Å². The molecule has 1 amide bonds. The molecule has 3 N–H and O–H groups in total. The summed E-state index contributed by atoms with van der Waals surface area (Å²) in [5.74, 6) is 0.321. The van der Waals surface area contributed by atoms with Crippen LogP contribution in [0.5, 0.6) is 5.75 Å². The van der Waals surface area contributed by atoms with Gasteiger partial charge >= 0.3 is 0 Å². The first kappa shape index (κ1) is 21.2. The molecule has 1 aliphatic heterocycles. The lowest BCUT2D eigenvalue weighted by Crippen LogP contribution is -2.46. The zero-order valence-corrected chi connectivity index (χ0v) is 18.1. The number of benzene rings is 2. The predicted molar refractivity (Wildman–Crippen MR) is 121 cm³/mol. The Hall–Kier alpha value is -3.07. The molecular weight excluding hydrogens is 434 g/mol. The summed E-state index contributed by atoms with van der Waals surface area (Å²) >= 11 is 7.50. The highest BCUT2D eigenvalue weighted by Crippen LogP contribution is 2.30. The summed E-state index contributed by atoms with van der Waals surface area (Å²) in [6.45, 7) is 0.599. The van der Waals surface area contributed by atoms with E-state index in [-0.39, 0.29) is 5.91 Å². The van der Waals surface area contributed by atoms with Gasteiger partial charge in [-0.05, 0) is 29.3 Å². The van der Waals surface area contributed by atoms with Crippen molar-refractivity contribution in [2.45, 2.75) is 12.1 Å². The largest absolute Gasteiger partial charge is 0.492 e. The number of azo groups is 1. The molecule has 2 aromatic carbocycles. The number of nitrogens with zero attached hydrogens (tertiary/aromatic N) is 3. The summed E-state index contributed by atoms with van der Waals surface area (Å²) in [6, 6.07) is 15.0. The van der Waals surface area contributed by atoms with Gasteiger partial charge < -0.3 is 15.8 Å². The van der Waals surface area contributed by atoms with Gasteiger partial charge in [-0.3, -0.25) is 9.78 Å². The Morgan fingerprint density at radius 1 is 1.23 bits per heavy atom. The van der Waals surface area contributed by atoms with Crippen LogP contribution >= 0.6 is 22.9 Å². The Labute approximate surface area is 188 Å². The first-order valence-corrected chi connectivity index (χ1v) is 10.9. The number of nitrogens with one attached hydrogen (secondary N) is 1. The van der Waals surface area contributed by atoms with Gasteiger partial charge in [-0.1, -0.05) is 41.9 Å². The zero-order valence-electron chi connectivity index (χ0n) is 16.5. The number of hydrogen-bond acceptors (Lipinski definition) is 7. The van der Waals surface area contributed by atoms with Gasteiger partial charge in [0.2, 0.25) is 0 Å². The second-order valence-electron chi connectivity index (χ2n) is 6.99. The summed E-state index contributed by atoms with van der Waals surface area (Å²) in [5.41, 5.74) is 9.37. The van der Waals surface area contributed by atoms with E-state index in [2.05, 4.69) is 20.5 Å². The van der Waals surface area contributed by atoms with Crippen molar-refractivity contribution in [2.75, 3.05) is 13.2 Å². The molecule has 0 aliphatic carbocycles. The fourth-order valence-electron chi connectivity index (χ4n) is 3.23. The second kappa shape index (κ2) is 9.38. The number of amides is 1. The van der Waals surface area contributed by atoms with Crippen LogP contribution in [0.3, 0.4) is 0 Å². The molecule has 4 rings (SSSR count). The van der Waals surface area contributed by atoms with E-state index in [4.69, 9.17) is 22.1 Å². The minimum Gasteiger partial charge on any atom is -0.492 e. The monoisotopic (exact) mass is 453 g/mol. The van der Waals surface area contributed by atoms with Crippen LogP contribution in [0.25, 0.3) is 10.4 Å². The number of nitrogens with two attached hydrogens (primary N) is 1. The highest BCUT2D eigenvalue weighted by molar-refractivity contribution is 7.13. The van der Waals surface area contributed by atoms with Gasteiger partial charge in [0, 0.05) is 17.6 Å². The van der Waals surface area contributed by atoms with Crippen molar-refractivity contribution in [1.29, 1.82) is 0 Å². The van der Waals surface area contributed by atoms with Gasteiger partial charge in [0.25, 0.3) is 5.91 Å². The quantitative estimate of drug-likeness (QED) is 0.499. The lowest BCUT2D eigenvalue weighted by atomic mass is 9.93. The van der Waals surface area contributed by atoms with E-state index in [1.54, 1.807) is 41.1 Å². The van der Waals surface area contributed by atoms with Crippen LogP contribution in [0.4, 0.5) is 0 Å². The molecule has 0 radical (unpaired) electrons. The molecule has 2 heterocycles. The first-order valence-electron chi connectivity index (χ1n) is 9.59. The fraction of sp³-hybridized carbons (Fsp3) is 0.182. The Kier molecular flexibility index (Phi) is 6.41. The summed E-state index contributed by atoms with van der Waals surface area (Å²) in [7, 11) is 0. The fourth-order valence-corrected chi connectivity index (χ4v) is 4.03. The molecule has 0 saturated heterocycles. The summed E-state index contributed by atoms with van der Waals surface area (Å²) in [4.78, 5) is 17.9. The van der Waals surface area contributed by atoms with E-state index in [0.29, 0.717) is 35.9 Å². The average molecular weight is 454 g/mol. The maximum Gasteiger partial charge on any atom is 0.252 e. The van der Waals surface area contributed by atoms with Crippen molar-refractivity contribution < 1.29 is 9.53 Å². The molecular formula is C22H20ClN5O2S. The van der Waals surface area contributed by atoms with Crippen LogP contribution in [-0.2, 0) is 11.2 Å². The SMILES string of the molecule is NC1(Cc2cccc(-c3cncs3)c2)N=NC=C1C(=O)NCCOc1cccc(Cl)c1. The van der Waals surface area contributed by atoms with E-state index in [9.17, 15) is 4.79 Å². The van der Waals surface area contributed by atoms with E-state index in [1.807, 2.05) is 30.5 Å². The topological polar surface area (TPSA) is 102 Å². The number of aromatic nitrogens is 1. The van der Waals surface area contributed by atoms with Gasteiger partial charge in [0.1, 0.15) is 12.4 Å². The Bertz CT molecular complexity index is 1130. The van der Waals surface area contributed by atoms with Gasteiger partial charge in [0.15, 0.2) is 5.66 Å². The number of carbonyl (C=O) groups excluding carboxylic acids is 1. The Morgan fingerprint density at radius 2 is 2.10 bits per heavy atom. The standard InChI is InChI=1S/C22H20ClN5O2S/c23-17-5-2-6-18(10-17)30-8-7-26-21(29)19-12-27-28-22(19,24)11-15-3-1-4-16(9-15)20-13-25-14-31-20/h1-6,9-10,12-14H,7-8,11,24H2,(H,26,29). The minimum absolute atomic E-state index is 0.294. The van der Waals surface area contributed by atoms with Crippen molar-refractivity contribution in [1.82, 2.24) is 10.3 Å². The number of ether oxygens (including phenoxy) is 1. The number of halogens is 1. The molecule has 31 heavy (non-hydrogen) atoms. The molecule has 1 atom stereocenters. The van der Waals surface area contributed by atoms with Crippen LogP contribution < -0.4 is 15.8 Å². The maximum atomic E-state index is 12.7. The van der Waals surface area contributed by atoms with Crippen LogP contribution in [0.15, 0.2) is 82.2 Å². The van der Waals surface area contributed by atoms with Crippen molar-refractivity contribution in [3.8, 4) is 16.2 Å². The molecule has 3 aromatic rings. The summed E-state index contributed by atoms with van der Waals surface area (Å²) in [6.07, 6.45) is 3.59. The molecule has 9 heteroatoms. The van der Waals surface area contributed by atoms with Gasteiger partial charge in [-0.25, -0.2) is 0 Å². The third kappa shape index (κ3) is 5.16. The minimum atomic E-state index is -1.22. The predicted octanol–water partition coefficient (Wildman–Crippen LogP) is 4.21. The Morgan fingerprint density at radius 3 is 2.90 bits per heavy atom. The molecule has 0 fully saturated rings. The summed E-state index contributed by atoms with van der Waals surface area (Å²) in [5, 5.41) is 11.5. The van der Waals surface area contributed by atoms with Crippen molar-refractivity contribution in [2.24, 2.45) is 16.0 Å². The lowest BCUT2D eigenvalue weighted by Gasteiger charge is -2.23. The molecule has 0 spiro atoms. The number of rotatable bonds is 8. The molecule has 7 nitrogen and oxygen atoms in total. The molecule has 158 valence electrons. The van der Waals surface area contributed by atoms with Gasteiger partial charge in [-0.15, -0.1) is 11.3 Å². The third-order valence-corrected chi connectivity index (χ3v) is 5.76. The zero-order chi connectivity index (χ0) is 21.7. The molecule has 1 aromatic heterocycles. The maximum absolute atomic E-state index is 12.7. The molecule has 0 saturated carbocycles. The Balaban J connectivity index is 1.35. The lowest BCUT2D eigenvalue weighted by molar-refractivity contribution is -0.118. The smallest absolute Gasteiger partial charge is 0.252 e. The van der Waals surface area contributed by atoms with Crippen LogP contribution in [0.2, 0.25) is 5.02 Å². The normalized spacial score (nSPS) is 17.4. The van der Waals surface area contributed by atoms with Crippen LogP contribution in [0, 0.1) is 0 Å². The van der Waals surface area contributed by atoms with Crippen LogP contribution in [-0.4, -0.2) is 29.7 Å². The van der Waals surface area contributed by atoms with Crippen LogP contribution in [0.1, 0.15) is 5.56 Å². The van der Waals surface area contributed by atoms with E-state index >= 15 is 0 Å². The van der Waals surface area contributed by atoms with Crippen molar-refractivity contribution >= 4 is 28.8 Å². The van der Waals surface area contributed by atoms with Gasteiger partial charge in [0.05, 0.1) is 28.7 Å². The number of carbonyl (C=O) groups is 1. The highest BCUT2D eigenvalue weighted by atomic mass is 35.5. The van der Waals surface area contributed by atoms with Crippen molar-refractivity contribution in [3.63, 3.8) is 0 Å². The second-order valence-corrected chi connectivity index (χ2v) is 8.31. The summed E-state index contributed by atoms with van der Waals surface area (Å²) < 4.78 is 5.60.